The number of methoxy groups -OCH3 is 1. The molecule has 31 heavy (non-hydrogen) atoms. The van der Waals surface area contributed by atoms with Gasteiger partial charge in [-0.2, -0.15) is 0 Å². The van der Waals surface area contributed by atoms with Crippen LogP contribution < -0.4 is 20.3 Å². The number of anilines is 1. The summed E-state index contributed by atoms with van der Waals surface area (Å²) in [5.74, 6) is -0.625. The fourth-order valence-corrected chi connectivity index (χ4v) is 3.77. The lowest BCUT2D eigenvalue weighted by Crippen LogP contribution is -2.41. The SMILES string of the molecule is COc1ccc(C(=O)NNC(=O)c2cccc(S(=O)(=O)Nc3ccc(Cl)cc3)c2)cc1. The molecule has 0 unspecified atom stereocenters. The number of carbonyl (C=O) groups excluding carboxylic acids is 2. The first kappa shape index (κ1) is 22.1. The fourth-order valence-electron chi connectivity index (χ4n) is 2.54. The highest BCUT2D eigenvalue weighted by Gasteiger charge is 2.17. The molecule has 0 spiro atoms. The van der Waals surface area contributed by atoms with E-state index in [1.54, 1.807) is 24.3 Å². The Hall–Kier alpha value is -3.56. The lowest BCUT2D eigenvalue weighted by Gasteiger charge is -2.11. The Kier molecular flexibility index (Phi) is 6.78. The molecule has 0 aliphatic rings. The van der Waals surface area contributed by atoms with Crippen LogP contribution in [0.2, 0.25) is 5.02 Å². The summed E-state index contributed by atoms with van der Waals surface area (Å²) in [6, 6.07) is 17.8. The predicted molar refractivity (Wildman–Crippen MR) is 117 cm³/mol. The van der Waals surface area contributed by atoms with Crippen molar-refractivity contribution in [2.75, 3.05) is 11.8 Å². The molecule has 0 atom stereocenters. The summed E-state index contributed by atoms with van der Waals surface area (Å²) >= 11 is 5.80. The molecule has 0 fully saturated rings. The largest absolute Gasteiger partial charge is 0.497 e. The van der Waals surface area contributed by atoms with Crippen molar-refractivity contribution in [2.45, 2.75) is 4.90 Å². The second-order valence-corrected chi connectivity index (χ2v) is 8.40. The van der Waals surface area contributed by atoms with Crippen LogP contribution in [0.1, 0.15) is 20.7 Å². The Balaban J connectivity index is 1.67. The molecule has 0 radical (unpaired) electrons. The van der Waals surface area contributed by atoms with E-state index in [2.05, 4.69) is 15.6 Å². The minimum atomic E-state index is -3.94. The third-order valence-corrected chi connectivity index (χ3v) is 5.78. The maximum atomic E-state index is 12.6. The van der Waals surface area contributed by atoms with E-state index in [0.29, 0.717) is 22.0 Å². The zero-order valence-corrected chi connectivity index (χ0v) is 17.8. The zero-order chi connectivity index (χ0) is 22.4. The molecule has 0 aromatic heterocycles. The topological polar surface area (TPSA) is 114 Å². The number of sulfonamides is 1. The van der Waals surface area contributed by atoms with E-state index in [1.165, 1.54) is 55.6 Å². The highest BCUT2D eigenvalue weighted by atomic mass is 35.5. The molecule has 160 valence electrons. The Labute approximate surface area is 184 Å². The number of benzene rings is 3. The van der Waals surface area contributed by atoms with E-state index in [0.717, 1.165) is 0 Å². The predicted octanol–water partition coefficient (Wildman–Crippen LogP) is 3.22. The van der Waals surface area contributed by atoms with Gasteiger partial charge in [-0.15, -0.1) is 0 Å². The van der Waals surface area contributed by atoms with E-state index < -0.39 is 21.8 Å². The number of ether oxygens (including phenoxy) is 1. The Morgan fingerprint density at radius 2 is 1.45 bits per heavy atom. The molecule has 0 heterocycles. The first-order valence-electron chi connectivity index (χ1n) is 8.92. The van der Waals surface area contributed by atoms with Crippen LogP contribution in [0, 0.1) is 0 Å². The quantitative estimate of drug-likeness (QED) is 0.490. The second-order valence-electron chi connectivity index (χ2n) is 6.28. The van der Waals surface area contributed by atoms with Crippen molar-refractivity contribution in [2.24, 2.45) is 0 Å². The van der Waals surface area contributed by atoms with Crippen molar-refractivity contribution in [3.8, 4) is 5.75 Å². The van der Waals surface area contributed by atoms with Crippen LogP contribution in [0.3, 0.4) is 0 Å². The van der Waals surface area contributed by atoms with Gasteiger partial charge in [0, 0.05) is 21.8 Å². The van der Waals surface area contributed by atoms with Gasteiger partial charge < -0.3 is 4.74 Å². The van der Waals surface area contributed by atoms with Gasteiger partial charge in [0.1, 0.15) is 5.75 Å². The molecule has 10 heteroatoms. The monoisotopic (exact) mass is 459 g/mol. The molecule has 0 aliphatic heterocycles. The Bertz CT molecular complexity index is 1200. The van der Waals surface area contributed by atoms with E-state index in [9.17, 15) is 18.0 Å². The lowest BCUT2D eigenvalue weighted by atomic mass is 10.2. The van der Waals surface area contributed by atoms with Crippen molar-refractivity contribution >= 4 is 39.1 Å². The third-order valence-electron chi connectivity index (χ3n) is 4.14. The summed E-state index contributed by atoms with van der Waals surface area (Å²) in [6.07, 6.45) is 0. The smallest absolute Gasteiger partial charge is 0.269 e. The Morgan fingerprint density at radius 3 is 2.06 bits per heavy atom. The molecule has 2 amide bonds. The normalized spacial score (nSPS) is 10.8. The highest BCUT2D eigenvalue weighted by Crippen LogP contribution is 2.19. The lowest BCUT2D eigenvalue weighted by molar-refractivity contribution is 0.0846. The number of halogens is 1. The van der Waals surface area contributed by atoms with Crippen molar-refractivity contribution < 1.29 is 22.7 Å². The van der Waals surface area contributed by atoms with Gasteiger partial charge in [0.15, 0.2) is 0 Å². The van der Waals surface area contributed by atoms with E-state index in [-0.39, 0.29) is 10.5 Å². The fraction of sp³-hybridized carbons (Fsp3) is 0.0476. The standard InChI is InChI=1S/C21H18ClN3O5S/c1-30-18-11-5-14(6-12-18)20(26)23-24-21(27)15-3-2-4-19(13-15)31(28,29)25-17-9-7-16(22)8-10-17/h2-13,25H,1H3,(H,23,26)(H,24,27). The van der Waals surface area contributed by atoms with Crippen LogP contribution in [-0.2, 0) is 10.0 Å². The van der Waals surface area contributed by atoms with Crippen LogP contribution in [-0.4, -0.2) is 27.3 Å². The number of carbonyl (C=O) groups is 2. The molecule has 0 saturated carbocycles. The maximum absolute atomic E-state index is 12.6. The molecule has 3 rings (SSSR count). The number of hydrogen-bond donors (Lipinski definition) is 3. The van der Waals surface area contributed by atoms with Crippen molar-refractivity contribution in [3.63, 3.8) is 0 Å². The van der Waals surface area contributed by atoms with Crippen molar-refractivity contribution in [3.05, 3.63) is 88.9 Å². The van der Waals surface area contributed by atoms with Crippen molar-refractivity contribution in [1.82, 2.24) is 10.9 Å². The molecule has 3 aromatic rings. The van der Waals surface area contributed by atoms with Gasteiger partial charge in [0.2, 0.25) is 0 Å². The summed E-state index contributed by atoms with van der Waals surface area (Å²) in [6.45, 7) is 0. The van der Waals surface area contributed by atoms with E-state index >= 15 is 0 Å². The maximum Gasteiger partial charge on any atom is 0.269 e. The molecule has 0 bridgehead atoms. The molecule has 8 nitrogen and oxygen atoms in total. The van der Waals surface area contributed by atoms with Gasteiger partial charge in [0.25, 0.3) is 21.8 Å². The molecular formula is C21H18ClN3O5S. The van der Waals surface area contributed by atoms with Crippen LogP contribution in [0.25, 0.3) is 0 Å². The minimum absolute atomic E-state index is 0.0500. The van der Waals surface area contributed by atoms with E-state index in [1.807, 2.05) is 0 Å². The van der Waals surface area contributed by atoms with Crippen molar-refractivity contribution in [1.29, 1.82) is 0 Å². The number of amides is 2. The zero-order valence-electron chi connectivity index (χ0n) is 16.3. The van der Waals surface area contributed by atoms with Gasteiger partial charge in [-0.05, 0) is 66.7 Å². The Morgan fingerprint density at radius 1 is 0.839 bits per heavy atom. The summed E-state index contributed by atoms with van der Waals surface area (Å²) < 4.78 is 32.7. The number of hydrazine groups is 1. The van der Waals surface area contributed by atoms with Gasteiger partial charge in [-0.3, -0.25) is 25.2 Å². The third kappa shape index (κ3) is 5.74. The second kappa shape index (κ2) is 9.50. The average Bonchev–Trinajstić information content (AvgIpc) is 2.78. The number of hydrogen-bond acceptors (Lipinski definition) is 5. The molecule has 0 aliphatic carbocycles. The number of nitrogens with one attached hydrogen (secondary N) is 3. The van der Waals surface area contributed by atoms with Gasteiger partial charge in [0.05, 0.1) is 12.0 Å². The summed E-state index contributed by atoms with van der Waals surface area (Å²) in [5, 5.41) is 0.471. The summed E-state index contributed by atoms with van der Waals surface area (Å²) in [7, 11) is -2.43. The van der Waals surface area contributed by atoms with Crippen LogP contribution in [0.15, 0.2) is 77.7 Å². The van der Waals surface area contributed by atoms with Gasteiger partial charge >= 0.3 is 0 Å². The molecular weight excluding hydrogens is 442 g/mol. The van der Waals surface area contributed by atoms with Crippen LogP contribution in [0.4, 0.5) is 5.69 Å². The number of rotatable bonds is 6. The van der Waals surface area contributed by atoms with Gasteiger partial charge in [-0.25, -0.2) is 8.42 Å². The molecule has 3 aromatic carbocycles. The highest BCUT2D eigenvalue weighted by molar-refractivity contribution is 7.92. The average molecular weight is 460 g/mol. The van der Waals surface area contributed by atoms with E-state index in [4.69, 9.17) is 16.3 Å². The van der Waals surface area contributed by atoms with Crippen LogP contribution >= 0.6 is 11.6 Å². The first-order valence-corrected chi connectivity index (χ1v) is 10.8. The minimum Gasteiger partial charge on any atom is -0.497 e. The van der Waals surface area contributed by atoms with Crippen LogP contribution in [0.5, 0.6) is 5.75 Å². The molecule has 0 saturated heterocycles. The van der Waals surface area contributed by atoms with Gasteiger partial charge in [-0.1, -0.05) is 17.7 Å². The molecule has 3 N–H and O–H groups in total. The first-order chi connectivity index (χ1) is 14.8. The summed E-state index contributed by atoms with van der Waals surface area (Å²) in [4.78, 5) is 24.4. The summed E-state index contributed by atoms with van der Waals surface area (Å²) in [5.41, 5.74) is 5.23.